The first kappa shape index (κ1) is 26.9. The summed E-state index contributed by atoms with van der Waals surface area (Å²) in [5, 5.41) is 7.36. The highest BCUT2D eigenvalue weighted by Crippen LogP contribution is 2.30. The normalized spacial score (nSPS) is 20.4. The van der Waals surface area contributed by atoms with Gasteiger partial charge in [0.2, 0.25) is 0 Å². The predicted molar refractivity (Wildman–Crippen MR) is 144 cm³/mol. The minimum absolute atomic E-state index is 0.165. The van der Waals surface area contributed by atoms with E-state index in [0.29, 0.717) is 29.9 Å². The lowest BCUT2D eigenvalue weighted by Crippen LogP contribution is -2.45. The lowest BCUT2D eigenvalue weighted by Gasteiger charge is -2.27. The van der Waals surface area contributed by atoms with E-state index in [4.69, 9.17) is 0 Å². The van der Waals surface area contributed by atoms with Crippen molar-refractivity contribution in [1.82, 2.24) is 19.8 Å². The van der Waals surface area contributed by atoms with Gasteiger partial charge in [0, 0.05) is 38.5 Å². The monoisotopic (exact) mass is 487 g/mol. The molecule has 33 heavy (non-hydrogen) atoms. The molecule has 1 fully saturated rings. The molecule has 0 aromatic carbocycles. The fourth-order valence-electron chi connectivity index (χ4n) is 2.85. The van der Waals surface area contributed by atoms with Crippen LogP contribution in [0.15, 0.2) is 44.2 Å². The molecule has 1 atom stereocenters. The summed E-state index contributed by atoms with van der Waals surface area (Å²) in [6.07, 6.45) is 8.16. The second-order valence-corrected chi connectivity index (χ2v) is 9.74. The van der Waals surface area contributed by atoms with Crippen molar-refractivity contribution in [3.8, 4) is 11.8 Å². The Labute approximate surface area is 205 Å². The molecule has 0 bridgehead atoms. The number of thioether (sulfide) groups is 2. The molecule has 8 nitrogen and oxygen atoms in total. The Balaban J connectivity index is 0.000000890. The van der Waals surface area contributed by atoms with Crippen molar-refractivity contribution in [2.45, 2.75) is 31.2 Å². The molecule has 0 aliphatic carbocycles. The standard InChI is InChI=1S/C19H27N7OS2.C4H6/c1-14-7-5-4-6-8-22-19(28-14)29-18-24-16(20-2)15(17(27)25(18)3)23-13-26-11-9-21-10-12-26;1-3-4-2/h4-7,14,21,23H,2,8-13H2,1,3H3;1-2H3/b6-4-,7-5-,22-19?;. The van der Waals surface area contributed by atoms with Crippen LogP contribution in [-0.4, -0.2) is 70.2 Å². The fourth-order valence-corrected chi connectivity index (χ4v) is 5.00. The van der Waals surface area contributed by atoms with E-state index >= 15 is 0 Å². The van der Waals surface area contributed by atoms with E-state index in [-0.39, 0.29) is 10.8 Å². The van der Waals surface area contributed by atoms with Crippen molar-refractivity contribution < 1.29 is 0 Å². The number of nitrogens with zero attached hydrogens (tertiary/aromatic N) is 5. The minimum Gasteiger partial charge on any atom is -0.365 e. The number of aromatic nitrogens is 2. The zero-order valence-corrected chi connectivity index (χ0v) is 21.4. The topological polar surface area (TPSA) is 86.9 Å². The molecule has 2 aliphatic heterocycles. The average Bonchev–Trinajstić information content (AvgIpc) is 2.93. The molecule has 0 spiro atoms. The molecule has 3 rings (SSSR count). The maximum absolute atomic E-state index is 13.0. The third kappa shape index (κ3) is 8.85. The van der Waals surface area contributed by atoms with E-state index in [1.54, 1.807) is 23.4 Å². The molecule has 2 N–H and O–H groups in total. The van der Waals surface area contributed by atoms with Crippen LogP contribution in [0, 0.1) is 11.8 Å². The van der Waals surface area contributed by atoms with Crippen molar-refractivity contribution in [2.75, 3.05) is 44.7 Å². The molecule has 1 aromatic heterocycles. The lowest BCUT2D eigenvalue weighted by molar-refractivity contribution is 0.256. The van der Waals surface area contributed by atoms with Gasteiger partial charge in [-0.15, -0.1) is 11.8 Å². The Morgan fingerprint density at radius 3 is 2.73 bits per heavy atom. The van der Waals surface area contributed by atoms with Crippen molar-refractivity contribution in [1.29, 1.82) is 0 Å². The molecule has 1 saturated heterocycles. The van der Waals surface area contributed by atoms with Gasteiger partial charge in [-0.2, -0.15) is 0 Å². The fraction of sp³-hybridized carbons (Fsp3) is 0.478. The second kappa shape index (κ2) is 14.8. The van der Waals surface area contributed by atoms with Crippen LogP contribution in [0.1, 0.15) is 20.8 Å². The summed E-state index contributed by atoms with van der Waals surface area (Å²) in [4.78, 5) is 28.4. The zero-order valence-electron chi connectivity index (χ0n) is 19.8. The molecular weight excluding hydrogens is 454 g/mol. The molecular formula is C23H33N7OS2. The second-order valence-electron chi connectivity index (χ2n) is 7.16. The van der Waals surface area contributed by atoms with Gasteiger partial charge in [0.15, 0.2) is 11.0 Å². The Bertz CT molecular complexity index is 993. The van der Waals surface area contributed by atoms with Gasteiger partial charge in [-0.05, 0) is 39.3 Å². The van der Waals surface area contributed by atoms with Crippen LogP contribution in [0.5, 0.6) is 0 Å². The molecule has 1 unspecified atom stereocenters. The molecule has 0 amide bonds. The van der Waals surface area contributed by atoms with Crippen molar-refractivity contribution in [3.63, 3.8) is 0 Å². The summed E-state index contributed by atoms with van der Waals surface area (Å²) in [5.41, 5.74) is 0.218. The molecule has 0 saturated carbocycles. The van der Waals surface area contributed by atoms with Crippen LogP contribution < -0.4 is 16.2 Å². The summed E-state index contributed by atoms with van der Waals surface area (Å²) >= 11 is 3.03. The van der Waals surface area contributed by atoms with Crippen LogP contribution in [0.25, 0.3) is 0 Å². The summed E-state index contributed by atoms with van der Waals surface area (Å²) in [6, 6.07) is 0. The van der Waals surface area contributed by atoms with Crippen LogP contribution in [0.3, 0.4) is 0 Å². The molecule has 178 valence electrons. The number of piperazine rings is 1. The molecule has 2 aliphatic rings. The first-order valence-corrected chi connectivity index (χ1v) is 12.5. The van der Waals surface area contributed by atoms with Crippen LogP contribution in [0.2, 0.25) is 0 Å². The smallest absolute Gasteiger partial charge is 0.279 e. The molecule has 3 heterocycles. The highest BCUT2D eigenvalue weighted by molar-refractivity contribution is 8.39. The molecule has 1 aromatic rings. The summed E-state index contributed by atoms with van der Waals surface area (Å²) in [7, 11) is 1.73. The summed E-state index contributed by atoms with van der Waals surface area (Å²) < 4.78 is 2.42. The first-order valence-electron chi connectivity index (χ1n) is 10.8. The van der Waals surface area contributed by atoms with Crippen molar-refractivity contribution in [2.24, 2.45) is 17.0 Å². The van der Waals surface area contributed by atoms with Crippen molar-refractivity contribution in [3.05, 3.63) is 34.7 Å². The number of hydrogen-bond acceptors (Lipinski definition) is 9. The zero-order chi connectivity index (χ0) is 24.1. The first-order chi connectivity index (χ1) is 16.0. The summed E-state index contributed by atoms with van der Waals surface area (Å²) in [6.45, 7) is 14.3. The number of rotatable bonds is 5. The summed E-state index contributed by atoms with van der Waals surface area (Å²) in [5.74, 6) is 5.69. The van der Waals surface area contributed by atoms with Crippen molar-refractivity contribution >= 4 is 46.1 Å². The van der Waals surface area contributed by atoms with Gasteiger partial charge in [0.25, 0.3) is 5.56 Å². The minimum atomic E-state index is -0.165. The largest absolute Gasteiger partial charge is 0.365 e. The van der Waals surface area contributed by atoms with E-state index in [1.807, 2.05) is 32.1 Å². The third-order valence-electron chi connectivity index (χ3n) is 4.74. The Morgan fingerprint density at radius 2 is 2.06 bits per heavy atom. The SMILES string of the molecule is C=Nc1nc(SC2=NC/C=C\C=C/C(C)S2)n(C)c(=O)c1NCN1CCNCC1.CC#CC. The maximum atomic E-state index is 13.0. The quantitative estimate of drug-likeness (QED) is 0.375. The Kier molecular flexibility index (Phi) is 12.0. The van der Waals surface area contributed by atoms with E-state index in [1.165, 1.54) is 11.8 Å². The van der Waals surface area contributed by atoms with E-state index in [2.05, 4.69) is 62.1 Å². The van der Waals surface area contributed by atoms with Crippen LogP contribution in [0.4, 0.5) is 11.5 Å². The maximum Gasteiger partial charge on any atom is 0.279 e. The van der Waals surface area contributed by atoms with E-state index in [9.17, 15) is 4.79 Å². The highest BCUT2D eigenvalue weighted by atomic mass is 32.2. The van der Waals surface area contributed by atoms with Gasteiger partial charge in [0.1, 0.15) is 10.1 Å². The average molecular weight is 488 g/mol. The van der Waals surface area contributed by atoms with Gasteiger partial charge in [0.05, 0.1) is 13.2 Å². The van der Waals surface area contributed by atoms with Gasteiger partial charge in [-0.1, -0.05) is 36.1 Å². The van der Waals surface area contributed by atoms with Gasteiger partial charge in [-0.25, -0.2) is 9.98 Å². The van der Waals surface area contributed by atoms with E-state index in [0.717, 1.165) is 30.6 Å². The number of aliphatic imine (C=N–C) groups is 2. The third-order valence-corrected chi connectivity index (χ3v) is 6.99. The van der Waals surface area contributed by atoms with Gasteiger partial charge < -0.3 is 10.6 Å². The van der Waals surface area contributed by atoms with Gasteiger partial charge in [-0.3, -0.25) is 19.3 Å². The number of hydrogen-bond donors (Lipinski definition) is 2. The highest BCUT2D eigenvalue weighted by Gasteiger charge is 2.18. The number of nitrogens with one attached hydrogen (secondary N) is 2. The molecule has 0 radical (unpaired) electrons. The van der Waals surface area contributed by atoms with E-state index < -0.39 is 0 Å². The Morgan fingerprint density at radius 1 is 1.33 bits per heavy atom. The number of allylic oxidation sites excluding steroid dienone is 2. The lowest BCUT2D eigenvalue weighted by atomic mass is 10.4. The Hall–Kier alpha value is -2.32. The van der Waals surface area contributed by atoms with Crippen LogP contribution >= 0.6 is 23.5 Å². The van der Waals surface area contributed by atoms with Gasteiger partial charge >= 0.3 is 0 Å². The predicted octanol–water partition coefficient (Wildman–Crippen LogP) is 3.11. The molecule has 10 heteroatoms. The van der Waals surface area contributed by atoms with Crippen LogP contribution in [-0.2, 0) is 7.05 Å². The number of anilines is 1.